The van der Waals surface area contributed by atoms with Crippen LogP contribution in [0.4, 0.5) is 5.69 Å². The van der Waals surface area contributed by atoms with Gasteiger partial charge in [0.2, 0.25) is 0 Å². The predicted octanol–water partition coefficient (Wildman–Crippen LogP) is 3.56. The molecule has 2 heterocycles. The molecule has 3 aromatic rings. The first-order chi connectivity index (χ1) is 12.6. The number of nitrogens with zero attached hydrogens (tertiary/aromatic N) is 3. The third-order valence-corrected chi connectivity index (χ3v) is 4.93. The zero-order valence-corrected chi connectivity index (χ0v) is 14.9. The lowest BCUT2D eigenvalue weighted by Crippen LogP contribution is -2.49. The van der Waals surface area contributed by atoms with Crippen molar-refractivity contribution >= 4 is 34.1 Å². The van der Waals surface area contributed by atoms with E-state index in [4.69, 9.17) is 11.6 Å². The lowest BCUT2D eigenvalue weighted by atomic mass is 10.1. The summed E-state index contributed by atoms with van der Waals surface area (Å²) < 4.78 is 0. The number of halogens is 1. The van der Waals surface area contributed by atoms with Gasteiger partial charge in [0.15, 0.2) is 0 Å². The summed E-state index contributed by atoms with van der Waals surface area (Å²) >= 11 is 5.94. The molecule has 0 aliphatic carbocycles. The van der Waals surface area contributed by atoms with E-state index in [1.807, 2.05) is 36.4 Å². The molecule has 1 aliphatic rings. The van der Waals surface area contributed by atoms with Crippen LogP contribution in [0, 0.1) is 0 Å². The average molecular weight is 368 g/mol. The van der Waals surface area contributed by atoms with Crippen molar-refractivity contribution in [3.8, 4) is 5.75 Å². The predicted molar refractivity (Wildman–Crippen MR) is 103 cm³/mol. The molecule has 6 heteroatoms. The van der Waals surface area contributed by atoms with Gasteiger partial charge in [-0.1, -0.05) is 29.8 Å². The number of hydrogen-bond donors (Lipinski definition) is 1. The molecule has 1 N–H and O–H groups in total. The molecule has 1 aromatic heterocycles. The number of hydrogen-bond acceptors (Lipinski definition) is 4. The summed E-state index contributed by atoms with van der Waals surface area (Å²) in [5.74, 6) is -0.0179. The van der Waals surface area contributed by atoms with E-state index in [9.17, 15) is 9.90 Å². The number of aromatic hydroxyl groups is 1. The summed E-state index contributed by atoms with van der Waals surface area (Å²) in [6, 6.07) is 16.5. The lowest BCUT2D eigenvalue weighted by molar-refractivity contribution is 0.0741. The van der Waals surface area contributed by atoms with Crippen LogP contribution >= 0.6 is 11.6 Å². The van der Waals surface area contributed by atoms with Crippen LogP contribution in [0.3, 0.4) is 0 Å². The molecule has 5 nitrogen and oxygen atoms in total. The molecule has 0 bridgehead atoms. The molecule has 0 radical (unpaired) electrons. The Kier molecular flexibility index (Phi) is 4.39. The Morgan fingerprint density at radius 1 is 0.962 bits per heavy atom. The fourth-order valence-electron chi connectivity index (χ4n) is 3.23. The SMILES string of the molecule is O=C(c1ccc2cccc(O)c2n1)N1CCN(c2ccc(Cl)cc2)CC1. The highest BCUT2D eigenvalue weighted by molar-refractivity contribution is 6.30. The van der Waals surface area contributed by atoms with Crippen LogP contribution in [0.2, 0.25) is 5.02 Å². The van der Waals surface area contributed by atoms with Gasteiger partial charge in [-0.2, -0.15) is 0 Å². The van der Waals surface area contributed by atoms with Crippen molar-refractivity contribution < 1.29 is 9.90 Å². The molecule has 0 spiro atoms. The number of pyridine rings is 1. The average Bonchev–Trinajstić information content (AvgIpc) is 2.68. The Labute approximate surface area is 156 Å². The van der Waals surface area contributed by atoms with Gasteiger partial charge in [0, 0.05) is 42.3 Å². The van der Waals surface area contributed by atoms with Gasteiger partial charge in [0.25, 0.3) is 5.91 Å². The number of anilines is 1. The standard InChI is InChI=1S/C20H18ClN3O2/c21-15-5-7-16(8-6-15)23-10-12-24(13-11-23)20(26)17-9-4-14-2-1-3-18(25)19(14)22-17/h1-9,25H,10-13H2. The number of amides is 1. The van der Waals surface area contributed by atoms with Gasteiger partial charge in [0.05, 0.1) is 0 Å². The zero-order chi connectivity index (χ0) is 18.1. The Morgan fingerprint density at radius 2 is 1.69 bits per heavy atom. The third kappa shape index (κ3) is 3.18. The van der Waals surface area contributed by atoms with E-state index in [0.29, 0.717) is 29.3 Å². The highest BCUT2D eigenvalue weighted by Gasteiger charge is 2.23. The van der Waals surface area contributed by atoms with E-state index in [-0.39, 0.29) is 11.7 Å². The van der Waals surface area contributed by atoms with Gasteiger partial charge in [-0.15, -0.1) is 0 Å². The normalized spacial score (nSPS) is 14.7. The van der Waals surface area contributed by atoms with Gasteiger partial charge in [0.1, 0.15) is 17.0 Å². The fourth-order valence-corrected chi connectivity index (χ4v) is 3.36. The smallest absolute Gasteiger partial charge is 0.272 e. The summed E-state index contributed by atoms with van der Waals surface area (Å²) in [6.07, 6.45) is 0. The van der Waals surface area contributed by atoms with E-state index in [0.717, 1.165) is 24.2 Å². The molecule has 4 rings (SSSR count). The van der Waals surface area contributed by atoms with E-state index in [1.165, 1.54) is 0 Å². The van der Waals surface area contributed by atoms with Crippen molar-refractivity contribution in [2.45, 2.75) is 0 Å². The number of rotatable bonds is 2. The Balaban J connectivity index is 1.48. The maximum Gasteiger partial charge on any atom is 0.272 e. The number of carbonyl (C=O) groups excluding carboxylic acids is 1. The van der Waals surface area contributed by atoms with Crippen molar-refractivity contribution in [2.75, 3.05) is 31.1 Å². The minimum atomic E-state index is -0.106. The first-order valence-electron chi connectivity index (χ1n) is 8.50. The molecule has 0 unspecified atom stereocenters. The number of para-hydroxylation sites is 1. The Morgan fingerprint density at radius 3 is 2.42 bits per heavy atom. The summed E-state index contributed by atoms with van der Waals surface area (Å²) in [5.41, 5.74) is 1.92. The summed E-state index contributed by atoms with van der Waals surface area (Å²) in [7, 11) is 0. The van der Waals surface area contributed by atoms with Gasteiger partial charge in [-0.25, -0.2) is 4.98 Å². The highest BCUT2D eigenvalue weighted by atomic mass is 35.5. The van der Waals surface area contributed by atoms with Crippen molar-refractivity contribution in [3.63, 3.8) is 0 Å². The summed E-state index contributed by atoms with van der Waals surface area (Å²) in [4.78, 5) is 21.2. The third-order valence-electron chi connectivity index (χ3n) is 4.68. The van der Waals surface area contributed by atoms with Crippen LogP contribution < -0.4 is 4.90 Å². The van der Waals surface area contributed by atoms with Crippen LogP contribution in [-0.2, 0) is 0 Å². The number of fused-ring (bicyclic) bond motifs is 1. The van der Waals surface area contributed by atoms with E-state index in [2.05, 4.69) is 9.88 Å². The van der Waals surface area contributed by atoms with Crippen molar-refractivity contribution in [1.82, 2.24) is 9.88 Å². The van der Waals surface area contributed by atoms with Gasteiger partial charge < -0.3 is 14.9 Å². The molecule has 1 aliphatic heterocycles. The number of phenols is 1. The van der Waals surface area contributed by atoms with Crippen LogP contribution in [0.25, 0.3) is 10.9 Å². The molecule has 0 atom stereocenters. The first-order valence-corrected chi connectivity index (χ1v) is 8.88. The second-order valence-electron chi connectivity index (χ2n) is 6.30. The van der Waals surface area contributed by atoms with E-state index < -0.39 is 0 Å². The van der Waals surface area contributed by atoms with Gasteiger partial charge in [-0.3, -0.25) is 4.79 Å². The number of piperazine rings is 1. The van der Waals surface area contributed by atoms with Crippen molar-refractivity contribution in [1.29, 1.82) is 0 Å². The summed E-state index contributed by atoms with van der Waals surface area (Å²) in [5, 5.41) is 11.5. The molecular weight excluding hydrogens is 350 g/mol. The minimum Gasteiger partial charge on any atom is -0.506 e. The topological polar surface area (TPSA) is 56.7 Å². The fraction of sp³-hybridized carbons (Fsp3) is 0.200. The van der Waals surface area contributed by atoms with E-state index in [1.54, 1.807) is 23.1 Å². The zero-order valence-electron chi connectivity index (χ0n) is 14.1. The number of phenolic OH excluding ortho intramolecular Hbond substituents is 1. The van der Waals surface area contributed by atoms with Crippen LogP contribution in [0.1, 0.15) is 10.5 Å². The molecule has 132 valence electrons. The summed E-state index contributed by atoms with van der Waals surface area (Å²) in [6.45, 7) is 2.77. The van der Waals surface area contributed by atoms with E-state index >= 15 is 0 Å². The second-order valence-corrected chi connectivity index (χ2v) is 6.74. The van der Waals surface area contributed by atoms with Crippen LogP contribution in [0.15, 0.2) is 54.6 Å². The minimum absolute atomic E-state index is 0.0877. The van der Waals surface area contributed by atoms with Gasteiger partial charge >= 0.3 is 0 Å². The maximum atomic E-state index is 12.8. The molecular formula is C20H18ClN3O2. The quantitative estimate of drug-likeness (QED) is 0.752. The number of carbonyl (C=O) groups is 1. The largest absolute Gasteiger partial charge is 0.506 e. The van der Waals surface area contributed by atoms with Crippen LogP contribution in [-0.4, -0.2) is 47.1 Å². The molecule has 0 saturated carbocycles. The highest BCUT2D eigenvalue weighted by Crippen LogP contribution is 2.23. The van der Waals surface area contributed by atoms with Crippen molar-refractivity contribution in [2.24, 2.45) is 0 Å². The second kappa shape index (κ2) is 6.84. The number of aromatic nitrogens is 1. The molecule has 2 aromatic carbocycles. The van der Waals surface area contributed by atoms with Crippen LogP contribution in [0.5, 0.6) is 5.75 Å². The lowest BCUT2D eigenvalue weighted by Gasteiger charge is -2.36. The molecule has 1 saturated heterocycles. The first kappa shape index (κ1) is 16.7. The monoisotopic (exact) mass is 367 g/mol. The Hall–Kier alpha value is -2.79. The molecule has 1 fully saturated rings. The van der Waals surface area contributed by atoms with Crippen molar-refractivity contribution in [3.05, 3.63) is 65.3 Å². The Bertz CT molecular complexity index is 951. The molecule has 1 amide bonds. The number of benzene rings is 2. The molecule has 26 heavy (non-hydrogen) atoms. The van der Waals surface area contributed by atoms with Gasteiger partial charge in [-0.05, 0) is 36.4 Å². The maximum absolute atomic E-state index is 12.8.